The Morgan fingerprint density at radius 3 is 2.44 bits per heavy atom. The fraction of sp³-hybridized carbons (Fsp3) is 0.400. The lowest BCUT2D eigenvalue weighted by molar-refractivity contribution is -0.113. The zero-order valence-electron chi connectivity index (χ0n) is 10.6. The van der Waals surface area contributed by atoms with Gasteiger partial charge >= 0.3 is 0 Å². The Bertz CT molecular complexity index is 408. The molecule has 0 aliphatic heterocycles. The van der Waals surface area contributed by atoms with Crippen LogP contribution in [0, 0.1) is 0 Å². The summed E-state index contributed by atoms with van der Waals surface area (Å²) in [5, 5.41) is 6.06. The van der Waals surface area contributed by atoms with Gasteiger partial charge in [0.05, 0.1) is 5.70 Å². The third kappa shape index (κ3) is 3.62. The van der Waals surface area contributed by atoms with Crippen molar-refractivity contribution in [3.8, 4) is 0 Å². The van der Waals surface area contributed by atoms with Crippen LogP contribution in [0.5, 0.6) is 0 Å². The normalized spacial score (nSPS) is 16.0. The molecule has 0 bridgehead atoms. The summed E-state index contributed by atoms with van der Waals surface area (Å²) in [4.78, 5) is 11.9. The van der Waals surface area contributed by atoms with Gasteiger partial charge in [0, 0.05) is 11.7 Å². The van der Waals surface area contributed by atoms with E-state index in [0.29, 0.717) is 11.7 Å². The van der Waals surface area contributed by atoms with Gasteiger partial charge < -0.3 is 10.6 Å². The Morgan fingerprint density at radius 1 is 1.11 bits per heavy atom. The van der Waals surface area contributed by atoms with Gasteiger partial charge in [-0.15, -0.1) is 0 Å². The van der Waals surface area contributed by atoms with E-state index < -0.39 is 0 Å². The molecule has 0 unspecified atom stereocenters. The van der Waals surface area contributed by atoms with Crippen LogP contribution in [0.4, 0.5) is 5.69 Å². The smallest absolute Gasteiger partial charge is 0.271 e. The van der Waals surface area contributed by atoms with Gasteiger partial charge in [0.25, 0.3) is 5.91 Å². The molecule has 1 amide bonds. The molecule has 0 saturated heterocycles. The molecule has 96 valence electrons. The number of rotatable bonds is 4. The van der Waals surface area contributed by atoms with Crippen LogP contribution in [0.2, 0.25) is 0 Å². The Hall–Kier alpha value is -1.77. The van der Waals surface area contributed by atoms with Crippen molar-refractivity contribution < 1.29 is 4.79 Å². The number of benzene rings is 1. The van der Waals surface area contributed by atoms with Crippen LogP contribution in [-0.4, -0.2) is 11.9 Å². The highest BCUT2D eigenvalue weighted by Crippen LogP contribution is 2.18. The lowest BCUT2D eigenvalue weighted by atomic mass is 9.95. The quantitative estimate of drug-likeness (QED) is 0.799. The SMILES string of the molecule is C=C(NC1CCCCC1)C(=O)Nc1ccccc1. The average Bonchev–Trinajstić information content (AvgIpc) is 2.41. The van der Waals surface area contributed by atoms with Crippen LogP contribution in [0.1, 0.15) is 32.1 Å². The van der Waals surface area contributed by atoms with Crippen LogP contribution in [0.25, 0.3) is 0 Å². The molecule has 1 aliphatic rings. The van der Waals surface area contributed by atoms with Crippen molar-refractivity contribution in [1.82, 2.24) is 5.32 Å². The molecule has 2 N–H and O–H groups in total. The van der Waals surface area contributed by atoms with Crippen LogP contribution < -0.4 is 10.6 Å². The average molecular weight is 244 g/mol. The molecule has 0 atom stereocenters. The molecule has 3 nitrogen and oxygen atoms in total. The molecular formula is C15H20N2O. The minimum atomic E-state index is -0.147. The lowest BCUT2D eigenvalue weighted by Crippen LogP contribution is -2.34. The monoisotopic (exact) mass is 244 g/mol. The van der Waals surface area contributed by atoms with E-state index in [4.69, 9.17) is 0 Å². The number of amides is 1. The highest BCUT2D eigenvalue weighted by Gasteiger charge is 2.16. The van der Waals surface area contributed by atoms with Gasteiger partial charge in [0.1, 0.15) is 0 Å². The summed E-state index contributed by atoms with van der Waals surface area (Å²) in [7, 11) is 0. The standard InChI is InChI=1S/C15H20N2O/c1-12(16-13-8-4-2-5-9-13)15(18)17-14-10-6-3-7-11-14/h3,6-7,10-11,13,16H,1-2,4-5,8-9H2,(H,17,18). The van der Waals surface area contributed by atoms with Crippen LogP contribution in [0.15, 0.2) is 42.6 Å². The van der Waals surface area contributed by atoms with E-state index >= 15 is 0 Å². The summed E-state index contributed by atoms with van der Waals surface area (Å²) in [5.74, 6) is -0.147. The van der Waals surface area contributed by atoms with Gasteiger partial charge in [-0.25, -0.2) is 0 Å². The van der Waals surface area contributed by atoms with Gasteiger partial charge in [-0.2, -0.15) is 0 Å². The van der Waals surface area contributed by atoms with E-state index in [1.807, 2.05) is 30.3 Å². The fourth-order valence-corrected chi connectivity index (χ4v) is 2.29. The van der Waals surface area contributed by atoms with Crippen molar-refractivity contribution in [2.24, 2.45) is 0 Å². The van der Waals surface area contributed by atoms with E-state index in [-0.39, 0.29) is 5.91 Å². The molecule has 18 heavy (non-hydrogen) atoms. The summed E-state index contributed by atoms with van der Waals surface area (Å²) in [6, 6.07) is 9.86. The highest BCUT2D eigenvalue weighted by atomic mass is 16.2. The third-order valence-electron chi connectivity index (χ3n) is 3.29. The molecule has 1 aliphatic carbocycles. The maximum Gasteiger partial charge on any atom is 0.271 e. The minimum Gasteiger partial charge on any atom is -0.378 e. The van der Waals surface area contributed by atoms with Crippen molar-refractivity contribution >= 4 is 11.6 Å². The number of carbonyl (C=O) groups is 1. The van der Waals surface area contributed by atoms with E-state index in [9.17, 15) is 4.79 Å². The number of para-hydroxylation sites is 1. The molecular weight excluding hydrogens is 224 g/mol. The molecule has 1 aromatic carbocycles. The molecule has 0 heterocycles. The summed E-state index contributed by atoms with van der Waals surface area (Å²) in [6.45, 7) is 3.82. The molecule has 1 aromatic rings. The van der Waals surface area contributed by atoms with Crippen molar-refractivity contribution in [2.45, 2.75) is 38.1 Å². The first-order chi connectivity index (χ1) is 8.75. The third-order valence-corrected chi connectivity index (χ3v) is 3.29. The van der Waals surface area contributed by atoms with Crippen molar-refractivity contribution in [2.75, 3.05) is 5.32 Å². The van der Waals surface area contributed by atoms with Crippen LogP contribution in [-0.2, 0) is 4.79 Å². The van der Waals surface area contributed by atoms with E-state index in [2.05, 4.69) is 17.2 Å². The number of anilines is 1. The molecule has 0 radical (unpaired) electrons. The molecule has 0 aromatic heterocycles. The number of carbonyl (C=O) groups excluding carboxylic acids is 1. The second-order valence-electron chi connectivity index (χ2n) is 4.78. The second kappa shape index (κ2) is 6.24. The Labute approximate surface area is 108 Å². The summed E-state index contributed by atoms with van der Waals surface area (Å²) >= 11 is 0. The largest absolute Gasteiger partial charge is 0.378 e. The van der Waals surface area contributed by atoms with Crippen LogP contribution >= 0.6 is 0 Å². The van der Waals surface area contributed by atoms with Gasteiger partial charge in [-0.05, 0) is 25.0 Å². The van der Waals surface area contributed by atoms with Crippen molar-refractivity contribution in [3.63, 3.8) is 0 Å². The molecule has 0 spiro atoms. The zero-order valence-corrected chi connectivity index (χ0v) is 10.6. The van der Waals surface area contributed by atoms with E-state index in [0.717, 1.165) is 18.5 Å². The number of hydrogen-bond acceptors (Lipinski definition) is 2. The van der Waals surface area contributed by atoms with Gasteiger partial charge in [0.2, 0.25) is 0 Å². The Kier molecular flexibility index (Phi) is 4.40. The first kappa shape index (κ1) is 12.7. The van der Waals surface area contributed by atoms with Crippen LogP contribution in [0.3, 0.4) is 0 Å². The fourth-order valence-electron chi connectivity index (χ4n) is 2.29. The van der Waals surface area contributed by atoms with Gasteiger partial charge in [-0.3, -0.25) is 4.79 Å². The minimum absolute atomic E-state index is 0.147. The summed E-state index contributed by atoms with van der Waals surface area (Å²) in [5.41, 5.74) is 1.26. The lowest BCUT2D eigenvalue weighted by Gasteiger charge is -2.24. The van der Waals surface area contributed by atoms with E-state index in [1.165, 1.54) is 19.3 Å². The summed E-state index contributed by atoms with van der Waals surface area (Å²) < 4.78 is 0. The molecule has 2 rings (SSSR count). The zero-order chi connectivity index (χ0) is 12.8. The predicted molar refractivity (Wildman–Crippen MR) is 74.2 cm³/mol. The molecule has 3 heteroatoms. The van der Waals surface area contributed by atoms with Gasteiger partial charge in [0.15, 0.2) is 0 Å². The maximum absolute atomic E-state index is 11.9. The number of nitrogens with one attached hydrogen (secondary N) is 2. The van der Waals surface area contributed by atoms with E-state index in [1.54, 1.807) is 0 Å². The Balaban J connectivity index is 1.83. The van der Waals surface area contributed by atoms with Crippen molar-refractivity contribution in [1.29, 1.82) is 0 Å². The van der Waals surface area contributed by atoms with Crippen molar-refractivity contribution in [3.05, 3.63) is 42.6 Å². The topological polar surface area (TPSA) is 41.1 Å². The van der Waals surface area contributed by atoms with Gasteiger partial charge in [-0.1, -0.05) is 44.0 Å². The maximum atomic E-state index is 11.9. The molecule has 1 saturated carbocycles. The first-order valence-electron chi connectivity index (χ1n) is 6.57. The summed E-state index contributed by atoms with van der Waals surface area (Å²) in [6.07, 6.45) is 6.06. The highest BCUT2D eigenvalue weighted by molar-refractivity contribution is 6.02. The second-order valence-corrected chi connectivity index (χ2v) is 4.78. The number of hydrogen-bond donors (Lipinski definition) is 2. The predicted octanol–water partition coefficient (Wildman–Crippen LogP) is 3.06. The Morgan fingerprint density at radius 2 is 1.78 bits per heavy atom. The first-order valence-corrected chi connectivity index (χ1v) is 6.57. The molecule has 1 fully saturated rings.